The van der Waals surface area contributed by atoms with Gasteiger partial charge in [-0.1, -0.05) is 18.5 Å². The molecule has 3 rings (SSSR count). The molecule has 3 heterocycles. The van der Waals surface area contributed by atoms with Crippen LogP contribution in [0, 0.1) is 0 Å². The van der Waals surface area contributed by atoms with E-state index in [1.807, 2.05) is 0 Å². The van der Waals surface area contributed by atoms with Crippen LogP contribution in [0.1, 0.15) is 39.0 Å². The first-order chi connectivity index (χ1) is 10.1. The lowest BCUT2D eigenvalue weighted by Crippen LogP contribution is -2.53. The predicted octanol–water partition coefficient (Wildman–Crippen LogP) is 2.42. The first-order valence-corrected chi connectivity index (χ1v) is 8.06. The summed E-state index contributed by atoms with van der Waals surface area (Å²) in [6.45, 7) is 3.82. The van der Waals surface area contributed by atoms with Crippen molar-refractivity contribution in [3.8, 4) is 0 Å². The lowest BCUT2D eigenvalue weighted by atomic mass is 9.81. The molecule has 0 amide bonds. The van der Waals surface area contributed by atoms with Crippen LogP contribution in [0.3, 0.4) is 0 Å². The normalized spacial score (nSPS) is 28.8. The highest BCUT2D eigenvalue weighted by atomic mass is 35.5. The summed E-state index contributed by atoms with van der Waals surface area (Å²) in [4.78, 5) is 10.7. The molecular formula is C15H22ClN3O2. The Morgan fingerprint density at radius 1 is 1.38 bits per heavy atom. The van der Waals surface area contributed by atoms with E-state index >= 15 is 0 Å². The summed E-state index contributed by atoms with van der Waals surface area (Å²) in [7, 11) is 0. The first kappa shape index (κ1) is 15.0. The van der Waals surface area contributed by atoms with Crippen molar-refractivity contribution in [3.05, 3.63) is 17.4 Å². The van der Waals surface area contributed by atoms with Gasteiger partial charge < -0.3 is 14.7 Å². The molecule has 6 heteroatoms. The van der Waals surface area contributed by atoms with E-state index in [1.54, 1.807) is 12.4 Å². The largest absolute Gasteiger partial charge is 0.393 e. The van der Waals surface area contributed by atoms with Gasteiger partial charge in [0.05, 0.1) is 35.2 Å². The van der Waals surface area contributed by atoms with Crippen molar-refractivity contribution in [3.63, 3.8) is 0 Å². The number of aliphatic hydroxyl groups is 1. The second kappa shape index (κ2) is 6.07. The van der Waals surface area contributed by atoms with Crippen LogP contribution >= 0.6 is 11.6 Å². The molecule has 2 fully saturated rings. The fourth-order valence-corrected chi connectivity index (χ4v) is 3.52. The summed E-state index contributed by atoms with van der Waals surface area (Å²) < 4.78 is 6.29. The lowest BCUT2D eigenvalue weighted by molar-refractivity contribution is -0.171. The molecule has 0 aliphatic carbocycles. The van der Waals surface area contributed by atoms with Crippen LogP contribution in [0.2, 0.25) is 5.02 Å². The summed E-state index contributed by atoms with van der Waals surface area (Å²) >= 11 is 5.82. The first-order valence-electron chi connectivity index (χ1n) is 7.68. The molecule has 0 saturated carbocycles. The quantitative estimate of drug-likeness (QED) is 0.909. The molecule has 1 aromatic rings. The van der Waals surface area contributed by atoms with E-state index in [1.165, 1.54) is 0 Å². The number of piperidine rings is 1. The monoisotopic (exact) mass is 311 g/mol. The lowest BCUT2D eigenvalue weighted by Gasteiger charge is -2.47. The van der Waals surface area contributed by atoms with Gasteiger partial charge in [0, 0.05) is 19.5 Å². The van der Waals surface area contributed by atoms with Crippen LogP contribution in [0.5, 0.6) is 0 Å². The minimum atomic E-state index is -0.234. The average Bonchev–Trinajstić information content (AvgIpc) is 2.48. The Morgan fingerprint density at radius 2 is 2.05 bits per heavy atom. The minimum absolute atomic E-state index is 0.165. The average molecular weight is 312 g/mol. The molecule has 0 aromatic carbocycles. The smallest absolute Gasteiger partial charge is 0.225 e. The van der Waals surface area contributed by atoms with Gasteiger partial charge in [-0.2, -0.15) is 0 Å². The van der Waals surface area contributed by atoms with Crippen LogP contribution in [0.15, 0.2) is 12.4 Å². The number of rotatable bonds is 2. The van der Waals surface area contributed by atoms with Gasteiger partial charge in [0.15, 0.2) is 0 Å². The number of hydrogen-bond donors (Lipinski definition) is 1. The van der Waals surface area contributed by atoms with E-state index in [9.17, 15) is 5.11 Å². The van der Waals surface area contributed by atoms with Crippen LogP contribution in [0.25, 0.3) is 0 Å². The second-order valence-electron chi connectivity index (χ2n) is 6.11. The van der Waals surface area contributed by atoms with Crippen LogP contribution in [-0.2, 0) is 4.74 Å². The zero-order valence-corrected chi connectivity index (χ0v) is 13.1. The molecule has 0 radical (unpaired) electrons. The van der Waals surface area contributed by atoms with Crippen molar-refractivity contribution >= 4 is 17.5 Å². The number of aliphatic hydroxyl groups excluding tert-OH is 1. The Morgan fingerprint density at radius 3 is 2.67 bits per heavy atom. The molecule has 21 heavy (non-hydrogen) atoms. The fourth-order valence-electron chi connectivity index (χ4n) is 3.42. The molecular weight excluding hydrogens is 290 g/mol. The number of hydrogen-bond acceptors (Lipinski definition) is 5. The van der Waals surface area contributed by atoms with E-state index in [-0.39, 0.29) is 17.8 Å². The number of aromatic nitrogens is 2. The number of ether oxygens (including phenoxy) is 1. The second-order valence-corrected chi connectivity index (χ2v) is 6.55. The van der Waals surface area contributed by atoms with Crippen LogP contribution in [0.4, 0.5) is 5.95 Å². The summed E-state index contributed by atoms with van der Waals surface area (Å²) in [5.74, 6) is 0.720. The Labute approximate surface area is 130 Å². The van der Waals surface area contributed by atoms with E-state index in [2.05, 4.69) is 21.8 Å². The molecule has 2 atom stereocenters. The topological polar surface area (TPSA) is 58.5 Å². The van der Waals surface area contributed by atoms with Crippen molar-refractivity contribution in [2.45, 2.75) is 56.8 Å². The number of anilines is 1. The van der Waals surface area contributed by atoms with Crippen molar-refractivity contribution in [2.75, 3.05) is 18.0 Å². The van der Waals surface area contributed by atoms with Gasteiger partial charge in [-0.05, 0) is 25.7 Å². The molecule has 1 aromatic heterocycles. The fraction of sp³-hybridized carbons (Fsp3) is 0.733. The van der Waals surface area contributed by atoms with Crippen molar-refractivity contribution < 1.29 is 9.84 Å². The van der Waals surface area contributed by atoms with E-state index in [0.717, 1.165) is 51.1 Å². The standard InChI is InChI=1S/C15H22ClN3O2/c1-2-13-7-12(20)8-15(21-13)3-5-19(6-4-15)14-17-9-11(16)10-18-14/h9-10,12-13,20H,2-8H2,1H3/t12-,13+/m1/s1. The molecule has 2 aliphatic rings. The Balaban J connectivity index is 1.65. The zero-order chi connectivity index (χ0) is 14.9. The van der Waals surface area contributed by atoms with Gasteiger partial charge in [-0.3, -0.25) is 0 Å². The maximum Gasteiger partial charge on any atom is 0.225 e. The highest BCUT2D eigenvalue weighted by Gasteiger charge is 2.43. The Bertz CT molecular complexity index is 474. The molecule has 5 nitrogen and oxygen atoms in total. The summed E-state index contributed by atoms with van der Waals surface area (Å²) in [6.07, 6.45) is 7.50. The minimum Gasteiger partial charge on any atom is -0.393 e. The number of halogens is 1. The highest BCUT2D eigenvalue weighted by Crippen LogP contribution is 2.38. The third-order valence-electron chi connectivity index (χ3n) is 4.58. The Kier molecular flexibility index (Phi) is 4.33. The maximum absolute atomic E-state index is 10.1. The van der Waals surface area contributed by atoms with Gasteiger partial charge in [0.25, 0.3) is 0 Å². The SMILES string of the molecule is CC[C@H]1C[C@@H](O)CC2(CCN(c3ncc(Cl)cn3)CC2)O1. The summed E-state index contributed by atoms with van der Waals surface area (Å²) in [6, 6.07) is 0. The molecule has 1 spiro atoms. The van der Waals surface area contributed by atoms with E-state index < -0.39 is 0 Å². The summed E-state index contributed by atoms with van der Waals surface area (Å²) in [5.41, 5.74) is -0.165. The molecule has 2 aliphatic heterocycles. The van der Waals surface area contributed by atoms with Gasteiger partial charge in [0.1, 0.15) is 0 Å². The summed E-state index contributed by atoms with van der Waals surface area (Å²) in [5, 5.41) is 10.7. The third kappa shape index (κ3) is 3.30. The Hall–Kier alpha value is -0.910. The molecule has 116 valence electrons. The van der Waals surface area contributed by atoms with Crippen molar-refractivity contribution in [2.24, 2.45) is 0 Å². The maximum atomic E-state index is 10.1. The van der Waals surface area contributed by atoms with Gasteiger partial charge in [-0.25, -0.2) is 9.97 Å². The molecule has 1 N–H and O–H groups in total. The van der Waals surface area contributed by atoms with Crippen LogP contribution in [-0.4, -0.2) is 46.0 Å². The van der Waals surface area contributed by atoms with E-state index in [0.29, 0.717) is 5.02 Å². The predicted molar refractivity (Wildman–Crippen MR) is 81.6 cm³/mol. The number of nitrogens with zero attached hydrogens (tertiary/aromatic N) is 3. The van der Waals surface area contributed by atoms with Crippen molar-refractivity contribution in [1.29, 1.82) is 0 Å². The third-order valence-corrected chi connectivity index (χ3v) is 4.77. The molecule has 0 bridgehead atoms. The van der Waals surface area contributed by atoms with Gasteiger partial charge in [0.2, 0.25) is 5.95 Å². The zero-order valence-electron chi connectivity index (χ0n) is 12.3. The van der Waals surface area contributed by atoms with Gasteiger partial charge in [-0.15, -0.1) is 0 Å². The highest BCUT2D eigenvalue weighted by molar-refractivity contribution is 6.30. The van der Waals surface area contributed by atoms with Crippen LogP contribution < -0.4 is 4.90 Å². The molecule has 2 saturated heterocycles. The van der Waals surface area contributed by atoms with E-state index in [4.69, 9.17) is 16.3 Å². The van der Waals surface area contributed by atoms with Gasteiger partial charge >= 0.3 is 0 Å². The van der Waals surface area contributed by atoms with Crippen molar-refractivity contribution in [1.82, 2.24) is 9.97 Å². The molecule has 0 unspecified atom stereocenters.